The summed E-state index contributed by atoms with van der Waals surface area (Å²) in [6.07, 6.45) is 4.94. The summed E-state index contributed by atoms with van der Waals surface area (Å²) in [5.41, 5.74) is 6.52. The molecular formula is C35H38FN9O3. The molecule has 2 aromatic heterocycles. The fourth-order valence-corrected chi connectivity index (χ4v) is 6.71. The zero-order valence-electron chi connectivity index (χ0n) is 27.2. The van der Waals surface area contributed by atoms with Gasteiger partial charge in [0.2, 0.25) is 5.91 Å². The van der Waals surface area contributed by atoms with Crippen molar-refractivity contribution in [2.75, 3.05) is 31.9 Å². The molecule has 13 heteroatoms. The van der Waals surface area contributed by atoms with Crippen molar-refractivity contribution in [1.29, 1.82) is 5.26 Å². The third-order valence-electron chi connectivity index (χ3n) is 9.03. The maximum Gasteiger partial charge on any atom is 0.264 e. The number of anilines is 1. The van der Waals surface area contributed by atoms with Gasteiger partial charge in [0.05, 0.1) is 17.5 Å². The number of hydrogen-bond acceptors (Lipinski definition) is 9. The van der Waals surface area contributed by atoms with Gasteiger partial charge in [-0.2, -0.15) is 10.4 Å². The van der Waals surface area contributed by atoms with Crippen molar-refractivity contribution in [2.45, 2.75) is 57.7 Å². The number of piperidine rings is 1. The monoisotopic (exact) mass is 651 g/mol. The van der Waals surface area contributed by atoms with Gasteiger partial charge in [0, 0.05) is 43.3 Å². The first-order valence-corrected chi connectivity index (χ1v) is 16.1. The molecule has 0 saturated carbocycles. The van der Waals surface area contributed by atoms with Gasteiger partial charge in [-0.1, -0.05) is 25.1 Å². The number of piperazine rings is 1. The molecule has 0 spiro atoms. The van der Waals surface area contributed by atoms with Crippen LogP contribution in [0.4, 0.5) is 10.2 Å². The minimum absolute atomic E-state index is 0.0129. The second-order valence-electron chi connectivity index (χ2n) is 12.6. The molecule has 2 aromatic carbocycles. The van der Waals surface area contributed by atoms with Crippen LogP contribution in [0.15, 0.2) is 66.5 Å². The molecule has 0 radical (unpaired) electrons. The smallest absolute Gasteiger partial charge is 0.264 e. The van der Waals surface area contributed by atoms with E-state index in [0.29, 0.717) is 61.4 Å². The molecule has 2 amide bonds. The van der Waals surface area contributed by atoms with Gasteiger partial charge in [-0.15, -0.1) is 0 Å². The average molecular weight is 652 g/mol. The van der Waals surface area contributed by atoms with E-state index in [4.69, 9.17) is 15.6 Å². The van der Waals surface area contributed by atoms with Crippen LogP contribution in [0.3, 0.4) is 0 Å². The number of para-hydroxylation sites is 1. The Labute approximate surface area is 278 Å². The molecule has 2 aliphatic rings. The van der Waals surface area contributed by atoms with Gasteiger partial charge >= 0.3 is 0 Å². The van der Waals surface area contributed by atoms with Gasteiger partial charge in [0.1, 0.15) is 46.8 Å². The van der Waals surface area contributed by atoms with Crippen LogP contribution in [0.2, 0.25) is 0 Å². The summed E-state index contributed by atoms with van der Waals surface area (Å²) in [6.45, 7) is 7.60. The standard InChI is InChI=1S/C35H38FN9O3/c1-4-28-33(46)39-14-16-44(28)35(2,3)18-22(19-37)34(47)43-15-8-9-23(20-43)45-32-29(31(38)40-21-41-32)30(42-45)26-13-12-25(17-27(26)36)48-24-10-6-5-7-11-24/h5-7,10-13,17-18,21,23,28H,4,8-9,14-16,20H2,1-3H3,(H,39,46)(H2,38,40,41)/b22-18-. The van der Waals surface area contributed by atoms with Crippen LogP contribution in [-0.4, -0.2) is 79.1 Å². The number of carbonyl (C=O) groups excluding carboxylic acids is 2. The average Bonchev–Trinajstić information content (AvgIpc) is 3.48. The number of nitrogens with two attached hydrogens (primary N) is 1. The number of rotatable bonds is 8. The van der Waals surface area contributed by atoms with Gasteiger partial charge in [0.25, 0.3) is 5.91 Å². The number of nitriles is 1. The molecule has 12 nitrogen and oxygen atoms in total. The van der Waals surface area contributed by atoms with Crippen LogP contribution >= 0.6 is 0 Å². The summed E-state index contributed by atoms with van der Waals surface area (Å²) >= 11 is 0. The van der Waals surface area contributed by atoms with E-state index in [-0.39, 0.29) is 47.2 Å². The number of nitrogens with one attached hydrogen (secondary N) is 1. The van der Waals surface area contributed by atoms with Crippen LogP contribution in [0.25, 0.3) is 22.3 Å². The van der Waals surface area contributed by atoms with Crippen LogP contribution in [0, 0.1) is 17.1 Å². The second kappa shape index (κ2) is 13.4. The normalized spacial score (nSPS) is 19.2. The summed E-state index contributed by atoms with van der Waals surface area (Å²) < 4.78 is 23.1. The van der Waals surface area contributed by atoms with E-state index in [2.05, 4.69) is 21.4 Å². The molecule has 6 rings (SSSR count). The van der Waals surface area contributed by atoms with Gasteiger partial charge in [0.15, 0.2) is 5.65 Å². The van der Waals surface area contributed by atoms with E-state index in [0.717, 1.165) is 0 Å². The summed E-state index contributed by atoms with van der Waals surface area (Å²) in [4.78, 5) is 38.7. The number of nitrogen functional groups attached to an aromatic ring is 1. The number of likely N-dealkylation sites (tertiary alicyclic amines) is 1. The van der Waals surface area contributed by atoms with E-state index in [1.165, 1.54) is 12.4 Å². The number of halogens is 1. The molecule has 0 bridgehead atoms. The Kier molecular flexibility index (Phi) is 9.10. The Morgan fingerprint density at radius 3 is 2.71 bits per heavy atom. The molecule has 2 fully saturated rings. The highest BCUT2D eigenvalue weighted by Gasteiger charge is 2.38. The van der Waals surface area contributed by atoms with Crippen molar-refractivity contribution in [3.8, 4) is 28.8 Å². The molecule has 4 heterocycles. The number of aromatic nitrogens is 4. The van der Waals surface area contributed by atoms with Gasteiger partial charge in [-0.05, 0) is 63.5 Å². The van der Waals surface area contributed by atoms with Crippen molar-refractivity contribution in [3.05, 3.63) is 72.3 Å². The molecule has 2 saturated heterocycles. The van der Waals surface area contributed by atoms with Crippen LogP contribution in [0.1, 0.15) is 46.1 Å². The predicted octanol–water partition coefficient (Wildman–Crippen LogP) is 4.61. The molecule has 4 aromatic rings. The van der Waals surface area contributed by atoms with E-state index >= 15 is 4.39 Å². The topological polar surface area (TPSA) is 155 Å². The first kappa shape index (κ1) is 32.6. The highest BCUT2D eigenvalue weighted by molar-refractivity contribution is 5.99. The summed E-state index contributed by atoms with van der Waals surface area (Å²) in [6, 6.07) is 15.1. The van der Waals surface area contributed by atoms with Crippen molar-refractivity contribution in [1.82, 2.24) is 34.9 Å². The lowest BCUT2D eigenvalue weighted by molar-refractivity contribution is -0.131. The molecule has 2 atom stereocenters. The van der Waals surface area contributed by atoms with Crippen LogP contribution in [0.5, 0.6) is 11.5 Å². The van der Waals surface area contributed by atoms with E-state index in [1.54, 1.807) is 39.9 Å². The number of amides is 2. The Hall–Kier alpha value is -5.35. The maximum atomic E-state index is 15.7. The van der Waals surface area contributed by atoms with Crippen molar-refractivity contribution in [2.24, 2.45) is 0 Å². The Morgan fingerprint density at radius 1 is 1.19 bits per heavy atom. The molecule has 2 aliphatic heterocycles. The molecule has 2 unspecified atom stereocenters. The van der Waals surface area contributed by atoms with E-state index in [1.807, 2.05) is 43.9 Å². The maximum absolute atomic E-state index is 15.7. The Bertz CT molecular complexity index is 1920. The number of carbonyl (C=O) groups is 2. The molecule has 48 heavy (non-hydrogen) atoms. The number of benzene rings is 2. The van der Waals surface area contributed by atoms with Crippen LogP contribution in [-0.2, 0) is 9.59 Å². The number of nitrogens with zero attached hydrogens (tertiary/aromatic N) is 7. The predicted molar refractivity (Wildman–Crippen MR) is 178 cm³/mol. The molecule has 248 valence electrons. The molecule has 0 aliphatic carbocycles. The van der Waals surface area contributed by atoms with Gasteiger partial charge in [-0.25, -0.2) is 19.0 Å². The van der Waals surface area contributed by atoms with E-state index < -0.39 is 17.3 Å². The fourth-order valence-electron chi connectivity index (χ4n) is 6.71. The fraction of sp³-hybridized carbons (Fsp3) is 0.371. The first-order chi connectivity index (χ1) is 23.1. The zero-order valence-corrected chi connectivity index (χ0v) is 27.2. The summed E-state index contributed by atoms with van der Waals surface area (Å²) in [7, 11) is 0. The minimum Gasteiger partial charge on any atom is -0.457 e. The highest BCUT2D eigenvalue weighted by atomic mass is 19.1. The lowest BCUT2D eigenvalue weighted by Gasteiger charge is -2.44. The summed E-state index contributed by atoms with van der Waals surface area (Å²) in [5, 5.41) is 18.2. The largest absolute Gasteiger partial charge is 0.457 e. The van der Waals surface area contributed by atoms with Gasteiger partial charge < -0.3 is 20.7 Å². The summed E-state index contributed by atoms with van der Waals surface area (Å²) in [5.74, 6) is 0.0612. The number of fused-ring (bicyclic) bond motifs is 1. The lowest BCUT2D eigenvalue weighted by atomic mass is 9.93. The first-order valence-electron chi connectivity index (χ1n) is 16.1. The minimum atomic E-state index is -0.721. The third kappa shape index (κ3) is 6.31. The zero-order chi connectivity index (χ0) is 34.0. The van der Waals surface area contributed by atoms with Gasteiger partial charge in [-0.3, -0.25) is 14.5 Å². The second-order valence-corrected chi connectivity index (χ2v) is 12.6. The van der Waals surface area contributed by atoms with Crippen molar-refractivity contribution < 1.29 is 18.7 Å². The number of hydrogen-bond donors (Lipinski definition) is 2. The Balaban J connectivity index is 1.28. The lowest BCUT2D eigenvalue weighted by Crippen LogP contribution is -2.61. The Morgan fingerprint density at radius 2 is 1.98 bits per heavy atom. The van der Waals surface area contributed by atoms with Crippen molar-refractivity contribution in [3.63, 3.8) is 0 Å². The SMILES string of the molecule is CCC1C(=O)NCCN1C(C)(C)/C=C(/C#N)C(=O)N1CCCC(n2nc(-c3ccc(Oc4ccccc4)cc3F)c3c(N)ncnc32)C1. The highest BCUT2D eigenvalue weighted by Crippen LogP contribution is 2.36. The quantitative estimate of drug-likeness (QED) is 0.205. The third-order valence-corrected chi connectivity index (χ3v) is 9.03. The molecule has 3 N–H and O–H groups in total. The van der Waals surface area contributed by atoms with E-state index in [9.17, 15) is 14.9 Å². The number of ether oxygens (including phenoxy) is 1. The van der Waals surface area contributed by atoms with Crippen molar-refractivity contribution >= 4 is 28.7 Å². The van der Waals surface area contributed by atoms with Crippen LogP contribution < -0.4 is 15.8 Å². The molecular weight excluding hydrogens is 613 g/mol.